The zero-order chi connectivity index (χ0) is 22.6. The van der Waals surface area contributed by atoms with E-state index in [1.165, 1.54) is 15.7 Å². The molecule has 0 saturated heterocycles. The third-order valence-corrected chi connectivity index (χ3v) is 9.15. The maximum Gasteiger partial charge on any atom is 0.239 e. The topological polar surface area (TPSA) is 99.2 Å². The van der Waals surface area contributed by atoms with Crippen LogP contribution in [-0.4, -0.2) is 36.3 Å². The van der Waals surface area contributed by atoms with E-state index >= 15 is 0 Å². The molecule has 2 aromatic rings. The fraction of sp³-hybridized carbons (Fsp3) is 0.440. The van der Waals surface area contributed by atoms with Gasteiger partial charge in [0.15, 0.2) is 0 Å². The van der Waals surface area contributed by atoms with E-state index < -0.39 is 21.7 Å². The Kier molecular flexibility index (Phi) is 5.21. The predicted molar refractivity (Wildman–Crippen MR) is 123 cm³/mol. The van der Waals surface area contributed by atoms with Gasteiger partial charge in [-0.25, -0.2) is 12.4 Å². The number of hydrogen-bond donors (Lipinski definition) is 1. The third-order valence-electron chi connectivity index (χ3n) is 7.50. The number of allylic oxidation sites excluding steroid dienone is 2. The molecule has 1 aromatic carbocycles. The summed E-state index contributed by atoms with van der Waals surface area (Å²) in [5.41, 5.74) is 8.83. The van der Waals surface area contributed by atoms with Gasteiger partial charge >= 0.3 is 0 Å². The second kappa shape index (κ2) is 7.81. The summed E-state index contributed by atoms with van der Waals surface area (Å²) in [6.07, 6.45) is 7.28. The molecule has 1 fully saturated rings. The van der Waals surface area contributed by atoms with E-state index in [1.54, 1.807) is 0 Å². The molecule has 5 rings (SSSR count). The lowest BCUT2D eigenvalue weighted by Crippen LogP contribution is -2.44. The first-order chi connectivity index (χ1) is 15.3. The fourth-order valence-corrected chi connectivity index (χ4v) is 7.38. The predicted octanol–water partition coefficient (Wildman–Crippen LogP) is 3.52. The van der Waals surface area contributed by atoms with E-state index in [9.17, 15) is 18.0 Å². The molecule has 0 radical (unpaired) electrons. The van der Waals surface area contributed by atoms with Crippen molar-refractivity contribution in [3.8, 4) is 11.1 Å². The van der Waals surface area contributed by atoms with E-state index in [-0.39, 0.29) is 35.5 Å². The van der Waals surface area contributed by atoms with E-state index in [1.807, 2.05) is 30.3 Å². The third kappa shape index (κ3) is 3.13. The summed E-state index contributed by atoms with van der Waals surface area (Å²) < 4.78 is 27.7. The summed E-state index contributed by atoms with van der Waals surface area (Å²) in [4.78, 5) is 27.0. The molecule has 0 aliphatic heterocycles. The fourth-order valence-electron chi connectivity index (χ4n) is 6.09. The Balaban J connectivity index is 1.76. The molecule has 32 heavy (non-hydrogen) atoms. The Morgan fingerprint density at radius 2 is 1.84 bits per heavy atom. The van der Waals surface area contributed by atoms with Crippen molar-refractivity contribution < 1.29 is 18.0 Å². The maximum atomic E-state index is 13.5. The van der Waals surface area contributed by atoms with Crippen LogP contribution in [0.2, 0.25) is 0 Å². The number of carbonyl (C=O) groups excluding carboxylic acids is 2. The van der Waals surface area contributed by atoms with Crippen LogP contribution in [0.5, 0.6) is 0 Å². The second-order valence-electron chi connectivity index (χ2n) is 9.27. The summed E-state index contributed by atoms with van der Waals surface area (Å²) in [6, 6.07) is 9.20. The van der Waals surface area contributed by atoms with Gasteiger partial charge in [-0.05, 0) is 36.7 Å². The van der Waals surface area contributed by atoms with Crippen molar-refractivity contribution in [2.24, 2.45) is 23.5 Å². The summed E-state index contributed by atoms with van der Waals surface area (Å²) in [7, 11) is -3.76. The van der Waals surface area contributed by atoms with Crippen molar-refractivity contribution >= 4 is 21.6 Å². The summed E-state index contributed by atoms with van der Waals surface area (Å²) in [5, 5.41) is 0. The SMILES string of the molecule is CC1CCCC2C1=CCC1c3c(c(-c4ccccc4)cn3S(=O)(=O)CCN)C(=O)C(=O)C21. The van der Waals surface area contributed by atoms with E-state index in [4.69, 9.17) is 5.73 Å². The minimum Gasteiger partial charge on any atom is -0.329 e. The lowest BCUT2D eigenvalue weighted by Gasteiger charge is -2.44. The highest BCUT2D eigenvalue weighted by Gasteiger charge is 2.51. The van der Waals surface area contributed by atoms with Gasteiger partial charge in [0.1, 0.15) is 0 Å². The van der Waals surface area contributed by atoms with E-state index in [2.05, 4.69) is 13.0 Å². The van der Waals surface area contributed by atoms with Crippen LogP contribution in [0.3, 0.4) is 0 Å². The summed E-state index contributed by atoms with van der Waals surface area (Å²) in [5.74, 6) is -1.53. The number of aromatic nitrogens is 1. The molecule has 7 heteroatoms. The summed E-state index contributed by atoms with van der Waals surface area (Å²) >= 11 is 0. The normalized spacial score (nSPS) is 27.4. The Bertz CT molecular complexity index is 1230. The van der Waals surface area contributed by atoms with Crippen molar-refractivity contribution in [1.29, 1.82) is 0 Å². The van der Waals surface area contributed by atoms with Gasteiger partial charge in [0.25, 0.3) is 0 Å². The number of carbonyl (C=O) groups is 2. The monoisotopic (exact) mass is 452 g/mol. The minimum atomic E-state index is -3.76. The highest BCUT2D eigenvalue weighted by atomic mass is 32.2. The number of Topliss-reactive ketones (excluding diaryl/α,β-unsaturated/α-hetero) is 2. The van der Waals surface area contributed by atoms with Gasteiger partial charge in [0, 0.05) is 35.8 Å². The average Bonchev–Trinajstić information content (AvgIpc) is 3.20. The van der Waals surface area contributed by atoms with E-state index in [0.717, 1.165) is 24.8 Å². The van der Waals surface area contributed by atoms with Gasteiger partial charge in [-0.3, -0.25) is 9.59 Å². The Morgan fingerprint density at radius 1 is 1.09 bits per heavy atom. The number of nitrogens with two attached hydrogens (primary N) is 1. The maximum absolute atomic E-state index is 13.5. The second-order valence-corrected chi connectivity index (χ2v) is 11.2. The van der Waals surface area contributed by atoms with Crippen molar-refractivity contribution in [1.82, 2.24) is 3.97 Å². The molecule has 1 aromatic heterocycles. The van der Waals surface area contributed by atoms with Gasteiger partial charge in [0.2, 0.25) is 21.6 Å². The molecule has 1 saturated carbocycles. The van der Waals surface area contributed by atoms with Crippen molar-refractivity contribution in [2.75, 3.05) is 12.3 Å². The van der Waals surface area contributed by atoms with E-state index in [0.29, 0.717) is 23.6 Å². The molecule has 0 amide bonds. The molecule has 4 atom stereocenters. The molecule has 3 aliphatic carbocycles. The number of fused-ring (bicyclic) bond motifs is 5. The van der Waals surface area contributed by atoms with Crippen LogP contribution < -0.4 is 5.73 Å². The van der Waals surface area contributed by atoms with Crippen LogP contribution in [-0.2, 0) is 14.8 Å². The van der Waals surface area contributed by atoms with Crippen molar-refractivity contribution in [3.05, 3.63) is 59.4 Å². The van der Waals surface area contributed by atoms with Gasteiger partial charge in [-0.15, -0.1) is 0 Å². The van der Waals surface area contributed by atoms with Crippen LogP contribution >= 0.6 is 0 Å². The van der Waals surface area contributed by atoms with Crippen LogP contribution in [0, 0.1) is 17.8 Å². The number of ketones is 2. The Hall–Kier alpha value is -2.51. The number of hydrogen-bond acceptors (Lipinski definition) is 5. The quantitative estimate of drug-likeness (QED) is 0.565. The molecule has 0 bridgehead atoms. The average molecular weight is 453 g/mol. The largest absolute Gasteiger partial charge is 0.329 e. The molecular weight excluding hydrogens is 424 g/mol. The smallest absolute Gasteiger partial charge is 0.239 e. The molecule has 0 spiro atoms. The highest BCUT2D eigenvalue weighted by molar-refractivity contribution is 7.89. The van der Waals surface area contributed by atoms with Gasteiger partial charge in [-0.1, -0.05) is 55.3 Å². The van der Waals surface area contributed by atoms with Crippen LogP contribution in [0.25, 0.3) is 11.1 Å². The Labute approximate surface area is 188 Å². The molecular formula is C25H28N2O4S. The lowest BCUT2D eigenvalue weighted by atomic mass is 9.59. The number of rotatable bonds is 4. The summed E-state index contributed by atoms with van der Waals surface area (Å²) in [6.45, 7) is 2.17. The molecule has 3 aliphatic rings. The van der Waals surface area contributed by atoms with Gasteiger partial charge in [-0.2, -0.15) is 0 Å². The molecule has 2 N–H and O–H groups in total. The van der Waals surface area contributed by atoms with Crippen molar-refractivity contribution in [2.45, 2.75) is 38.5 Å². The molecule has 168 valence electrons. The molecule has 6 nitrogen and oxygen atoms in total. The van der Waals surface area contributed by atoms with Crippen molar-refractivity contribution in [3.63, 3.8) is 0 Å². The zero-order valence-electron chi connectivity index (χ0n) is 18.2. The van der Waals surface area contributed by atoms with Crippen LogP contribution in [0.1, 0.15) is 54.6 Å². The van der Waals surface area contributed by atoms with Gasteiger partial charge in [0.05, 0.1) is 11.3 Å². The number of nitrogens with zero attached hydrogens (tertiary/aromatic N) is 1. The molecule has 4 unspecified atom stereocenters. The first kappa shape index (κ1) is 21.3. The Morgan fingerprint density at radius 3 is 2.56 bits per heavy atom. The number of benzene rings is 1. The standard InChI is InChI=1S/C25H28N2O4S/c1-15-6-5-9-18-17(15)10-11-19-21(18)24(28)25(29)22-20(16-7-3-2-4-8-16)14-27(23(19)22)32(30,31)13-12-26/h2-4,7-8,10,14-15,18-19,21H,5-6,9,11-13,26H2,1H3. The van der Waals surface area contributed by atoms with Gasteiger partial charge < -0.3 is 5.73 Å². The van der Waals surface area contributed by atoms with Crippen LogP contribution in [0.4, 0.5) is 0 Å². The van der Waals surface area contributed by atoms with Crippen LogP contribution in [0.15, 0.2) is 48.2 Å². The first-order valence-corrected chi connectivity index (χ1v) is 13.0. The minimum absolute atomic E-state index is 0.0128. The highest BCUT2D eigenvalue weighted by Crippen LogP contribution is 2.53. The molecule has 1 heterocycles. The first-order valence-electron chi connectivity index (χ1n) is 11.4. The zero-order valence-corrected chi connectivity index (χ0v) is 19.0. The lowest BCUT2D eigenvalue weighted by molar-refractivity contribution is -0.121.